The molecule has 0 saturated heterocycles. The van der Waals surface area contributed by atoms with E-state index in [2.05, 4.69) is 22.6 Å². The van der Waals surface area contributed by atoms with Crippen molar-refractivity contribution >= 4 is 0 Å². The molecule has 0 aliphatic carbocycles. The minimum atomic E-state index is 0.559. The molecule has 2 rings (SSSR count). The molecule has 4 nitrogen and oxygen atoms in total. The van der Waals surface area contributed by atoms with E-state index >= 15 is 0 Å². The highest BCUT2D eigenvalue weighted by Crippen LogP contribution is 2.11. The molecule has 0 spiro atoms. The Kier molecular flexibility index (Phi) is 4.47. The smallest absolute Gasteiger partial charge is 0.0729 e. The molecule has 0 radical (unpaired) electrons. The monoisotopic (exact) mass is 244 g/mol. The standard InChI is InChI=1S/C14H20N4/c1-3-12(15-2)9-10-14-11-16-17-18(14)13-7-5-4-6-8-13/h4-8,11-12,15H,3,9-10H2,1-2H3. The number of aryl methyl sites for hydroxylation is 1. The van der Waals surface area contributed by atoms with Crippen molar-refractivity contribution in [2.24, 2.45) is 0 Å². The van der Waals surface area contributed by atoms with Crippen molar-refractivity contribution in [1.29, 1.82) is 0 Å². The Bertz CT molecular complexity index is 460. The van der Waals surface area contributed by atoms with Gasteiger partial charge in [0.05, 0.1) is 17.6 Å². The van der Waals surface area contributed by atoms with Crippen LogP contribution in [0.2, 0.25) is 0 Å². The summed E-state index contributed by atoms with van der Waals surface area (Å²) < 4.78 is 1.92. The third kappa shape index (κ3) is 2.96. The first-order valence-electron chi connectivity index (χ1n) is 6.47. The van der Waals surface area contributed by atoms with Crippen molar-refractivity contribution in [2.75, 3.05) is 7.05 Å². The molecule has 1 aromatic carbocycles. The molecule has 1 heterocycles. The molecule has 2 aromatic rings. The fraction of sp³-hybridized carbons (Fsp3) is 0.429. The number of nitrogens with zero attached hydrogens (tertiary/aromatic N) is 3. The van der Waals surface area contributed by atoms with Crippen molar-refractivity contribution in [3.8, 4) is 5.69 Å². The predicted octanol–water partition coefficient (Wildman–Crippen LogP) is 2.20. The van der Waals surface area contributed by atoms with Crippen LogP contribution in [0.4, 0.5) is 0 Å². The molecular weight excluding hydrogens is 224 g/mol. The fourth-order valence-corrected chi connectivity index (χ4v) is 2.09. The molecule has 96 valence electrons. The van der Waals surface area contributed by atoms with Gasteiger partial charge in [-0.05, 0) is 38.4 Å². The van der Waals surface area contributed by atoms with Gasteiger partial charge in [0.25, 0.3) is 0 Å². The van der Waals surface area contributed by atoms with Gasteiger partial charge in [0.1, 0.15) is 0 Å². The number of aromatic nitrogens is 3. The second-order valence-corrected chi connectivity index (χ2v) is 4.41. The second kappa shape index (κ2) is 6.31. The van der Waals surface area contributed by atoms with Crippen LogP contribution < -0.4 is 5.32 Å². The van der Waals surface area contributed by atoms with Crippen LogP contribution in [0, 0.1) is 0 Å². The van der Waals surface area contributed by atoms with Crippen molar-refractivity contribution < 1.29 is 0 Å². The van der Waals surface area contributed by atoms with Crippen molar-refractivity contribution in [3.05, 3.63) is 42.2 Å². The van der Waals surface area contributed by atoms with Gasteiger partial charge in [-0.25, -0.2) is 4.68 Å². The minimum Gasteiger partial charge on any atom is -0.317 e. The Hall–Kier alpha value is -1.68. The van der Waals surface area contributed by atoms with Gasteiger partial charge >= 0.3 is 0 Å². The average Bonchev–Trinajstić information content (AvgIpc) is 2.89. The lowest BCUT2D eigenvalue weighted by molar-refractivity contribution is 0.503. The van der Waals surface area contributed by atoms with Crippen LogP contribution in [0.1, 0.15) is 25.5 Å². The highest BCUT2D eigenvalue weighted by molar-refractivity contribution is 5.31. The highest BCUT2D eigenvalue weighted by atomic mass is 15.4. The van der Waals surface area contributed by atoms with Crippen molar-refractivity contribution in [3.63, 3.8) is 0 Å². The molecular formula is C14H20N4. The molecule has 0 bridgehead atoms. The maximum Gasteiger partial charge on any atom is 0.0729 e. The molecule has 1 atom stereocenters. The summed E-state index contributed by atoms with van der Waals surface area (Å²) in [4.78, 5) is 0. The first-order chi connectivity index (χ1) is 8.85. The summed E-state index contributed by atoms with van der Waals surface area (Å²) in [6.45, 7) is 2.20. The van der Waals surface area contributed by atoms with Gasteiger partial charge in [0, 0.05) is 6.04 Å². The van der Waals surface area contributed by atoms with Gasteiger partial charge in [-0.15, -0.1) is 5.10 Å². The van der Waals surface area contributed by atoms with E-state index in [1.807, 2.05) is 48.3 Å². The second-order valence-electron chi connectivity index (χ2n) is 4.41. The maximum atomic E-state index is 4.16. The molecule has 0 aliphatic rings. The summed E-state index contributed by atoms with van der Waals surface area (Å²) in [6.07, 6.45) is 5.09. The normalized spacial score (nSPS) is 12.6. The van der Waals surface area contributed by atoms with E-state index in [4.69, 9.17) is 0 Å². The van der Waals surface area contributed by atoms with Crippen LogP contribution in [-0.4, -0.2) is 28.1 Å². The third-order valence-electron chi connectivity index (χ3n) is 3.27. The summed E-state index contributed by atoms with van der Waals surface area (Å²) >= 11 is 0. The zero-order valence-electron chi connectivity index (χ0n) is 11.0. The van der Waals surface area contributed by atoms with E-state index in [1.54, 1.807) is 0 Å². The Morgan fingerprint density at radius 3 is 2.72 bits per heavy atom. The van der Waals surface area contributed by atoms with Gasteiger partial charge in [-0.2, -0.15) is 0 Å². The lowest BCUT2D eigenvalue weighted by atomic mass is 10.1. The number of para-hydroxylation sites is 1. The molecule has 4 heteroatoms. The Morgan fingerprint density at radius 2 is 2.06 bits per heavy atom. The summed E-state index contributed by atoms with van der Waals surface area (Å²) in [5, 5.41) is 11.5. The van der Waals surface area contributed by atoms with Gasteiger partial charge in [0.15, 0.2) is 0 Å². The Balaban J connectivity index is 2.09. The van der Waals surface area contributed by atoms with Crippen LogP contribution in [0.25, 0.3) is 5.69 Å². The van der Waals surface area contributed by atoms with Gasteiger partial charge in [-0.1, -0.05) is 30.3 Å². The van der Waals surface area contributed by atoms with E-state index in [0.717, 1.165) is 30.6 Å². The molecule has 1 unspecified atom stereocenters. The SMILES string of the molecule is CCC(CCc1cnnn1-c1ccccc1)NC. The van der Waals surface area contributed by atoms with Gasteiger partial charge < -0.3 is 5.32 Å². The molecule has 0 saturated carbocycles. The number of nitrogens with one attached hydrogen (secondary N) is 1. The highest BCUT2D eigenvalue weighted by Gasteiger charge is 2.09. The Labute approximate surface area is 108 Å². The number of rotatable bonds is 6. The van der Waals surface area contributed by atoms with Crippen LogP contribution in [0.3, 0.4) is 0 Å². The minimum absolute atomic E-state index is 0.559. The van der Waals surface area contributed by atoms with Crippen LogP contribution >= 0.6 is 0 Å². The van der Waals surface area contributed by atoms with Crippen LogP contribution in [0.5, 0.6) is 0 Å². The Morgan fingerprint density at radius 1 is 1.28 bits per heavy atom. The van der Waals surface area contributed by atoms with Crippen LogP contribution in [0.15, 0.2) is 36.5 Å². The molecule has 0 aliphatic heterocycles. The zero-order chi connectivity index (χ0) is 12.8. The number of benzene rings is 1. The number of hydrogen-bond donors (Lipinski definition) is 1. The van der Waals surface area contributed by atoms with E-state index < -0.39 is 0 Å². The van der Waals surface area contributed by atoms with Gasteiger partial charge in [0.2, 0.25) is 0 Å². The summed E-state index contributed by atoms with van der Waals surface area (Å²) in [7, 11) is 2.01. The molecule has 0 fully saturated rings. The van der Waals surface area contributed by atoms with Crippen molar-refractivity contribution in [1.82, 2.24) is 20.3 Å². The topological polar surface area (TPSA) is 42.7 Å². The van der Waals surface area contributed by atoms with E-state index in [9.17, 15) is 0 Å². The predicted molar refractivity (Wildman–Crippen MR) is 72.8 cm³/mol. The molecule has 18 heavy (non-hydrogen) atoms. The maximum absolute atomic E-state index is 4.16. The summed E-state index contributed by atoms with van der Waals surface area (Å²) in [6, 6.07) is 10.7. The summed E-state index contributed by atoms with van der Waals surface area (Å²) in [5.41, 5.74) is 2.23. The first-order valence-corrected chi connectivity index (χ1v) is 6.47. The quantitative estimate of drug-likeness (QED) is 0.847. The fourth-order valence-electron chi connectivity index (χ4n) is 2.09. The summed E-state index contributed by atoms with van der Waals surface area (Å²) in [5.74, 6) is 0. The van der Waals surface area contributed by atoms with Crippen molar-refractivity contribution in [2.45, 2.75) is 32.2 Å². The van der Waals surface area contributed by atoms with E-state index in [-0.39, 0.29) is 0 Å². The van der Waals surface area contributed by atoms with E-state index in [0.29, 0.717) is 6.04 Å². The molecule has 0 amide bonds. The third-order valence-corrected chi connectivity index (χ3v) is 3.27. The molecule has 1 N–H and O–H groups in total. The first kappa shape index (κ1) is 12.8. The number of hydrogen-bond acceptors (Lipinski definition) is 3. The lowest BCUT2D eigenvalue weighted by Crippen LogP contribution is -2.25. The van der Waals surface area contributed by atoms with Crippen LogP contribution in [-0.2, 0) is 6.42 Å². The zero-order valence-corrected chi connectivity index (χ0v) is 11.0. The lowest BCUT2D eigenvalue weighted by Gasteiger charge is -2.13. The van der Waals surface area contributed by atoms with E-state index in [1.165, 1.54) is 0 Å². The molecule has 1 aromatic heterocycles. The van der Waals surface area contributed by atoms with Gasteiger partial charge in [-0.3, -0.25) is 0 Å². The largest absolute Gasteiger partial charge is 0.317 e. The average molecular weight is 244 g/mol.